The molecule has 3 N–H and O–H groups in total. The molecule has 0 radical (unpaired) electrons. The van der Waals surface area contributed by atoms with Gasteiger partial charge < -0.3 is 15.6 Å². The van der Waals surface area contributed by atoms with E-state index >= 15 is 0 Å². The number of hydrogen-bond acceptors (Lipinski definition) is 5. The fraction of sp³-hybridized carbons (Fsp3) is 0.375. The normalized spacial score (nSPS) is 13.5. The van der Waals surface area contributed by atoms with Crippen LogP contribution in [0.4, 0.5) is 11.4 Å². The van der Waals surface area contributed by atoms with E-state index in [2.05, 4.69) is 5.32 Å². The van der Waals surface area contributed by atoms with Gasteiger partial charge in [0.2, 0.25) is 5.91 Å². The third-order valence-electron chi connectivity index (χ3n) is 4.15. The molecule has 1 heterocycles. The van der Waals surface area contributed by atoms with Gasteiger partial charge in [-0.1, -0.05) is 13.3 Å². The predicted molar refractivity (Wildman–Crippen MR) is 92.0 cm³/mol. The van der Waals surface area contributed by atoms with E-state index in [-0.39, 0.29) is 11.2 Å². The first kappa shape index (κ1) is 17.5. The highest BCUT2D eigenvalue weighted by Gasteiger charge is 2.30. The molecule has 1 aromatic heterocycles. The number of amides is 1. The number of aromatic nitrogens is 1. The quantitative estimate of drug-likeness (QED) is 0.618. The first-order valence-electron chi connectivity index (χ1n) is 7.56. The third-order valence-corrected chi connectivity index (χ3v) is 4.15. The lowest BCUT2D eigenvalue weighted by atomic mass is 9.94. The number of carbonyl (C=O) groups is 1. The van der Waals surface area contributed by atoms with E-state index in [0.29, 0.717) is 29.4 Å². The Kier molecular flexibility index (Phi) is 4.59. The highest BCUT2D eigenvalue weighted by Crippen LogP contribution is 2.29. The number of nitrogens with zero attached hydrogens (tertiary/aromatic N) is 2. The second-order valence-electron chi connectivity index (χ2n) is 5.99. The van der Waals surface area contributed by atoms with Gasteiger partial charge in [-0.05, 0) is 19.4 Å². The summed E-state index contributed by atoms with van der Waals surface area (Å²) >= 11 is 0. The van der Waals surface area contributed by atoms with Crippen molar-refractivity contribution in [3.63, 3.8) is 0 Å². The number of benzene rings is 1. The van der Waals surface area contributed by atoms with Gasteiger partial charge in [0.05, 0.1) is 16.1 Å². The molecule has 0 aliphatic carbocycles. The van der Waals surface area contributed by atoms with E-state index in [1.165, 1.54) is 28.8 Å². The smallest absolute Gasteiger partial charge is 0.270 e. The number of carbonyl (C=O) groups excluding carboxylic acids is 1. The van der Waals surface area contributed by atoms with Crippen LogP contribution in [0.15, 0.2) is 29.1 Å². The number of pyridine rings is 1. The zero-order valence-electron chi connectivity index (χ0n) is 13.8. The number of primary amides is 1. The second-order valence-corrected chi connectivity index (χ2v) is 5.99. The molecule has 1 atom stereocenters. The largest absolute Gasteiger partial charge is 0.371 e. The van der Waals surface area contributed by atoms with Crippen molar-refractivity contribution in [3.05, 3.63) is 44.7 Å². The van der Waals surface area contributed by atoms with Gasteiger partial charge in [-0.25, -0.2) is 0 Å². The summed E-state index contributed by atoms with van der Waals surface area (Å²) in [5, 5.41) is 14.6. The van der Waals surface area contributed by atoms with Crippen molar-refractivity contribution in [2.75, 3.05) is 5.32 Å². The number of nitrogens with two attached hydrogens (primary N) is 1. The number of aryl methyl sites for hydroxylation is 1. The van der Waals surface area contributed by atoms with Crippen molar-refractivity contribution in [2.24, 2.45) is 12.8 Å². The molecule has 128 valence electrons. The molecule has 0 saturated carbocycles. The number of rotatable bonds is 6. The maximum atomic E-state index is 12.2. The van der Waals surface area contributed by atoms with Crippen LogP contribution in [0, 0.1) is 10.1 Å². The van der Waals surface area contributed by atoms with Crippen LogP contribution >= 0.6 is 0 Å². The lowest BCUT2D eigenvalue weighted by molar-refractivity contribution is -0.384. The Balaban J connectivity index is 2.70. The number of non-ortho nitro benzene ring substituents is 1. The molecule has 2 aromatic rings. The Morgan fingerprint density at radius 2 is 2.08 bits per heavy atom. The summed E-state index contributed by atoms with van der Waals surface area (Å²) in [7, 11) is 1.58. The van der Waals surface area contributed by atoms with Crippen LogP contribution in [0.25, 0.3) is 10.9 Å². The Hall–Kier alpha value is -2.90. The van der Waals surface area contributed by atoms with Crippen molar-refractivity contribution >= 4 is 28.2 Å². The van der Waals surface area contributed by atoms with Crippen LogP contribution in [0.5, 0.6) is 0 Å². The topological polar surface area (TPSA) is 120 Å². The molecule has 0 fully saturated rings. The second kappa shape index (κ2) is 6.31. The predicted octanol–water partition coefficient (Wildman–Crippen LogP) is 1.90. The minimum absolute atomic E-state index is 0.0968. The zero-order chi connectivity index (χ0) is 18.1. The van der Waals surface area contributed by atoms with Gasteiger partial charge in [-0.3, -0.25) is 19.7 Å². The number of nitro benzene ring substituents is 1. The first-order chi connectivity index (χ1) is 11.2. The Morgan fingerprint density at radius 3 is 2.62 bits per heavy atom. The van der Waals surface area contributed by atoms with Crippen LogP contribution in [-0.4, -0.2) is 20.9 Å². The number of hydrogen-bond donors (Lipinski definition) is 2. The SMILES string of the molecule is CCCC(C)(Nc1cc(=O)n(C)c2ccc([N+](=O)[O-])cc12)C(N)=O. The molecule has 0 saturated heterocycles. The minimum Gasteiger partial charge on any atom is -0.371 e. The summed E-state index contributed by atoms with van der Waals surface area (Å²) in [6.07, 6.45) is 1.17. The van der Waals surface area contributed by atoms with Crippen molar-refractivity contribution in [2.45, 2.75) is 32.2 Å². The van der Waals surface area contributed by atoms with Crippen molar-refractivity contribution < 1.29 is 9.72 Å². The fourth-order valence-corrected chi connectivity index (χ4v) is 2.71. The molecular formula is C16H20N4O4. The Bertz CT molecular complexity index is 874. The van der Waals surface area contributed by atoms with E-state index < -0.39 is 16.4 Å². The van der Waals surface area contributed by atoms with Crippen molar-refractivity contribution in [3.8, 4) is 0 Å². The molecule has 0 bridgehead atoms. The van der Waals surface area contributed by atoms with Crippen LogP contribution in [0.1, 0.15) is 26.7 Å². The van der Waals surface area contributed by atoms with E-state index in [9.17, 15) is 19.7 Å². The molecular weight excluding hydrogens is 312 g/mol. The molecule has 2 rings (SSSR count). The molecule has 0 aliphatic heterocycles. The Labute approximate surface area is 138 Å². The summed E-state index contributed by atoms with van der Waals surface area (Å²) in [5.74, 6) is -0.552. The van der Waals surface area contributed by atoms with E-state index in [1.807, 2.05) is 6.92 Å². The highest BCUT2D eigenvalue weighted by molar-refractivity contribution is 5.96. The summed E-state index contributed by atoms with van der Waals surface area (Å²) in [5.41, 5.74) is 4.94. The average Bonchev–Trinajstić information content (AvgIpc) is 2.51. The van der Waals surface area contributed by atoms with Gasteiger partial charge in [0.1, 0.15) is 5.54 Å². The van der Waals surface area contributed by atoms with Gasteiger partial charge in [0.15, 0.2) is 0 Å². The Morgan fingerprint density at radius 1 is 1.42 bits per heavy atom. The standard InChI is InChI=1S/C16H20N4O4/c1-4-7-16(2,15(17)22)18-12-9-14(21)19(3)13-6-5-10(20(23)24)8-11(12)13/h5-6,8-9,18H,4,7H2,1-3H3,(H2,17,22). The van der Waals surface area contributed by atoms with Crippen LogP contribution < -0.4 is 16.6 Å². The molecule has 8 nitrogen and oxygen atoms in total. The molecule has 8 heteroatoms. The van der Waals surface area contributed by atoms with Crippen LogP contribution in [0.2, 0.25) is 0 Å². The van der Waals surface area contributed by atoms with E-state index in [0.717, 1.165) is 0 Å². The number of nitrogens with one attached hydrogen (secondary N) is 1. The zero-order valence-corrected chi connectivity index (χ0v) is 13.8. The van der Waals surface area contributed by atoms with Crippen LogP contribution in [0.3, 0.4) is 0 Å². The van der Waals surface area contributed by atoms with E-state index in [4.69, 9.17) is 5.73 Å². The maximum absolute atomic E-state index is 12.2. The third kappa shape index (κ3) is 3.08. The number of anilines is 1. The number of fused-ring (bicyclic) bond motifs is 1. The lowest BCUT2D eigenvalue weighted by Gasteiger charge is -2.29. The summed E-state index contributed by atoms with van der Waals surface area (Å²) < 4.78 is 1.39. The van der Waals surface area contributed by atoms with Gasteiger partial charge in [-0.15, -0.1) is 0 Å². The maximum Gasteiger partial charge on any atom is 0.270 e. The molecule has 0 aliphatic rings. The molecule has 0 spiro atoms. The summed E-state index contributed by atoms with van der Waals surface area (Å²) in [6.45, 7) is 3.56. The highest BCUT2D eigenvalue weighted by atomic mass is 16.6. The van der Waals surface area contributed by atoms with Gasteiger partial charge in [0, 0.05) is 30.6 Å². The van der Waals surface area contributed by atoms with Gasteiger partial charge >= 0.3 is 0 Å². The van der Waals surface area contributed by atoms with Crippen molar-refractivity contribution in [1.29, 1.82) is 0 Å². The summed E-state index contributed by atoms with van der Waals surface area (Å²) in [4.78, 5) is 34.5. The molecule has 1 unspecified atom stereocenters. The summed E-state index contributed by atoms with van der Waals surface area (Å²) in [6, 6.07) is 5.56. The first-order valence-corrected chi connectivity index (χ1v) is 7.56. The minimum atomic E-state index is -1.06. The molecule has 24 heavy (non-hydrogen) atoms. The average molecular weight is 332 g/mol. The molecule has 1 aromatic carbocycles. The fourth-order valence-electron chi connectivity index (χ4n) is 2.71. The monoisotopic (exact) mass is 332 g/mol. The van der Waals surface area contributed by atoms with Crippen LogP contribution in [-0.2, 0) is 11.8 Å². The van der Waals surface area contributed by atoms with Gasteiger partial charge in [0.25, 0.3) is 11.2 Å². The lowest BCUT2D eigenvalue weighted by Crippen LogP contribution is -2.48. The molecule has 1 amide bonds. The van der Waals surface area contributed by atoms with Crippen molar-refractivity contribution in [1.82, 2.24) is 4.57 Å². The van der Waals surface area contributed by atoms with E-state index in [1.54, 1.807) is 14.0 Å². The number of nitro groups is 1. The van der Waals surface area contributed by atoms with Gasteiger partial charge in [-0.2, -0.15) is 0 Å².